The van der Waals surface area contributed by atoms with Gasteiger partial charge in [0.1, 0.15) is 85.5 Å². The van der Waals surface area contributed by atoms with E-state index in [2.05, 4.69) is 41.8 Å². The summed E-state index contributed by atoms with van der Waals surface area (Å²) < 4.78 is 96.1. The van der Waals surface area contributed by atoms with Gasteiger partial charge in [-0.2, -0.15) is 14.4 Å². The highest BCUT2D eigenvalue weighted by molar-refractivity contribution is 6.28. The molecule has 0 spiro atoms. The first-order chi connectivity index (χ1) is 51.8. The lowest BCUT2D eigenvalue weighted by Crippen LogP contribution is -2.43. The molecule has 2 aliphatic rings. The number of hydrogen-bond donors (Lipinski definition) is 2. The quantitative estimate of drug-likeness (QED) is 0.0293. The van der Waals surface area contributed by atoms with Gasteiger partial charge in [0.25, 0.3) is 6.08 Å². The molecule has 12 rings (SSSR count). The number of aromatic nitrogens is 8. The molecule has 2 saturated heterocycles. The van der Waals surface area contributed by atoms with Crippen LogP contribution >= 0.6 is 11.6 Å². The van der Waals surface area contributed by atoms with Crippen molar-refractivity contribution in [3.05, 3.63) is 181 Å². The molecule has 110 heavy (non-hydrogen) atoms. The van der Waals surface area contributed by atoms with Crippen molar-refractivity contribution in [2.24, 2.45) is 9.98 Å². The number of aliphatic hydroxyl groups is 2. The second kappa shape index (κ2) is 31.1. The topological polar surface area (TPSA) is 434 Å². The van der Waals surface area contributed by atoms with E-state index in [0.717, 1.165) is 26.8 Å². The summed E-state index contributed by atoms with van der Waals surface area (Å²) in [4.78, 5) is 124. The van der Waals surface area contributed by atoms with Gasteiger partial charge in [-0.15, -0.1) is 12.8 Å². The Labute approximate surface area is 627 Å². The number of ether oxygens (including phenoxy) is 6. The lowest BCUT2D eigenvalue weighted by molar-refractivity contribution is -0.158. The number of nitrogens with zero attached hydrogens (tertiary/aromatic N) is 10. The first-order valence-electron chi connectivity index (χ1n) is 34.1. The van der Waals surface area contributed by atoms with Crippen LogP contribution in [-0.4, -0.2) is 109 Å². The van der Waals surface area contributed by atoms with Gasteiger partial charge in [-0.1, -0.05) is 51.7 Å². The standard InChI is InChI=1S/C37H38ClN5O12.C37H38FN5O12/c2*1-9-37(16-49-28(46)13-36(7,8)29-19(3)10-18(2)11-23(29)52-22(6)44)26(45)12-27(55-37)43-17-40-30-31(39-14-24-20(4)50-34(47)53-24)42(33(38)41-32(30)43)15-25-21(5)51-35(48)54-25/h2*1,10-11,17,26-27,45H,12-16H2,2-8H3/t2*26-,27+,37+/m00/s1. The highest BCUT2D eigenvalue weighted by Gasteiger charge is 2.51. The molecule has 8 aromatic heterocycles. The van der Waals surface area contributed by atoms with Gasteiger partial charge in [-0.3, -0.25) is 47.4 Å². The maximum Gasteiger partial charge on any atom is 0.519 e. The van der Waals surface area contributed by atoms with Crippen LogP contribution in [0.25, 0.3) is 22.3 Å². The third kappa shape index (κ3) is 16.5. The van der Waals surface area contributed by atoms with E-state index in [1.807, 2.05) is 67.5 Å². The lowest BCUT2D eigenvalue weighted by Gasteiger charge is -2.30. The van der Waals surface area contributed by atoms with Crippen LogP contribution in [0.5, 0.6) is 11.5 Å². The maximum absolute atomic E-state index is 16.0. The molecule has 0 bridgehead atoms. The molecular weight excluding hydrogens is 1470 g/mol. The molecule has 6 atom stereocenters. The maximum atomic E-state index is 16.0. The molecule has 0 saturated carbocycles. The Morgan fingerprint density at radius 3 is 1.31 bits per heavy atom. The highest BCUT2D eigenvalue weighted by atomic mass is 35.5. The predicted octanol–water partition coefficient (Wildman–Crippen LogP) is 7.19. The number of halogens is 2. The van der Waals surface area contributed by atoms with E-state index in [0.29, 0.717) is 22.6 Å². The molecule has 2 aliphatic heterocycles. The smallest absolute Gasteiger partial charge is 0.461 e. The second-order valence-electron chi connectivity index (χ2n) is 27.9. The molecule has 0 amide bonds. The van der Waals surface area contributed by atoms with Crippen LogP contribution in [0.1, 0.15) is 159 Å². The van der Waals surface area contributed by atoms with Gasteiger partial charge in [-0.05, 0) is 101 Å². The summed E-state index contributed by atoms with van der Waals surface area (Å²) in [6.45, 7) is 21.5. The number of hydrogen-bond acceptors (Lipinski definition) is 30. The zero-order valence-electron chi connectivity index (χ0n) is 62.1. The molecule has 0 unspecified atom stereocenters. The Morgan fingerprint density at radius 1 is 0.582 bits per heavy atom. The molecule has 34 nitrogen and oxygen atoms in total. The van der Waals surface area contributed by atoms with E-state index in [9.17, 15) is 48.6 Å². The largest absolute Gasteiger partial charge is 0.519 e. The van der Waals surface area contributed by atoms with E-state index in [-0.39, 0.29) is 137 Å². The number of terminal acetylenes is 2. The van der Waals surface area contributed by atoms with Gasteiger partial charge in [0, 0.05) is 48.6 Å². The number of esters is 4. The zero-order chi connectivity index (χ0) is 80.0. The first kappa shape index (κ1) is 79.3. The zero-order valence-corrected chi connectivity index (χ0v) is 62.9. The Morgan fingerprint density at radius 2 is 0.945 bits per heavy atom. The Hall–Kier alpha value is -11.8. The van der Waals surface area contributed by atoms with E-state index >= 15 is 4.39 Å². The molecule has 580 valence electrons. The fourth-order valence-corrected chi connectivity index (χ4v) is 13.8. The van der Waals surface area contributed by atoms with E-state index in [1.165, 1.54) is 54.1 Å². The highest BCUT2D eigenvalue weighted by Crippen LogP contribution is 2.43. The number of aryl methyl sites for hydroxylation is 8. The summed E-state index contributed by atoms with van der Waals surface area (Å²) in [6, 6.07) is 7.32. The lowest BCUT2D eigenvalue weighted by atomic mass is 9.78. The minimum atomic E-state index is -1.81. The Kier molecular flexibility index (Phi) is 22.4. The van der Waals surface area contributed by atoms with Gasteiger partial charge in [0.05, 0.1) is 38.6 Å². The summed E-state index contributed by atoms with van der Waals surface area (Å²) in [5, 5.41) is 22.4. The van der Waals surface area contributed by atoms with Crippen LogP contribution in [0.4, 0.5) is 4.39 Å². The minimum absolute atomic E-state index is 0.00484. The van der Waals surface area contributed by atoms with Gasteiger partial charge >= 0.3 is 47.2 Å². The number of imidazole rings is 2. The van der Waals surface area contributed by atoms with Crippen molar-refractivity contribution < 1.29 is 97.5 Å². The average Bonchev–Trinajstić information content (AvgIpc) is 1.59. The molecule has 2 N–H and O–H groups in total. The van der Waals surface area contributed by atoms with Crippen molar-refractivity contribution >= 4 is 57.8 Å². The molecular formula is C74H76ClFN10O24. The molecule has 2 aromatic carbocycles. The Balaban J connectivity index is 0.000000218. The van der Waals surface area contributed by atoms with Gasteiger partial charge in [0.2, 0.25) is 5.28 Å². The van der Waals surface area contributed by atoms with Gasteiger partial charge < -0.3 is 74.0 Å². The van der Waals surface area contributed by atoms with Gasteiger partial charge in [-0.25, -0.2) is 29.1 Å². The summed E-state index contributed by atoms with van der Waals surface area (Å²) in [7, 11) is 0. The van der Waals surface area contributed by atoms with E-state index < -0.39 is 113 Å². The fourth-order valence-electron chi connectivity index (χ4n) is 13.5. The molecule has 10 aromatic rings. The van der Waals surface area contributed by atoms with E-state index in [4.69, 9.17) is 88.2 Å². The minimum Gasteiger partial charge on any atom is -0.461 e. The summed E-state index contributed by atoms with van der Waals surface area (Å²) >= 11 is 6.72. The molecule has 0 radical (unpaired) electrons. The van der Waals surface area contributed by atoms with Crippen LogP contribution < -0.4 is 43.7 Å². The monoisotopic (exact) mass is 1540 g/mol. The predicted molar refractivity (Wildman–Crippen MR) is 377 cm³/mol. The summed E-state index contributed by atoms with van der Waals surface area (Å²) in [6.07, 6.45) is 8.32. The first-order valence-corrected chi connectivity index (χ1v) is 34.4. The number of aliphatic hydroxyl groups excluding tert-OH is 2. The molecule has 0 aliphatic carbocycles. The van der Waals surface area contributed by atoms with Crippen molar-refractivity contribution in [3.8, 4) is 36.2 Å². The van der Waals surface area contributed by atoms with Crippen molar-refractivity contribution in [1.29, 1.82) is 0 Å². The SMILES string of the molecule is C#C[C@]1(COC(=O)CC(C)(C)c2c(C)cc(C)cc2OC(C)=O)O[C@@H](n2cnc3c(=NCc4oc(=O)oc4C)n(Cc4oc(=O)oc4C)c(Cl)nc32)C[C@@H]1O.C#C[C@]1(COC(=O)CC(C)(C)c2c(C)cc(C)cc2OC(C)=O)O[C@@H](n2cnc3c(=NCc4oc(=O)oc4C)n(Cc4oc(=O)oc4C)c(F)nc32)C[C@@H]1O. The van der Waals surface area contributed by atoms with Crippen LogP contribution in [-0.2, 0) is 75.1 Å². The average molecular weight is 1540 g/mol. The molecule has 10 heterocycles. The van der Waals surface area contributed by atoms with Crippen LogP contribution in [0.3, 0.4) is 0 Å². The van der Waals surface area contributed by atoms with Crippen LogP contribution in [0.2, 0.25) is 5.28 Å². The summed E-state index contributed by atoms with van der Waals surface area (Å²) in [5.74, 6) is 0.647. The van der Waals surface area contributed by atoms with Crippen molar-refractivity contribution in [2.45, 2.75) is 195 Å². The molecule has 36 heteroatoms. The summed E-state index contributed by atoms with van der Waals surface area (Å²) in [5.41, 5.74) is -0.0577. The number of rotatable bonds is 22. The number of carbonyl (C=O) groups excluding carboxylic acids is 4. The van der Waals surface area contributed by atoms with Crippen molar-refractivity contribution in [3.63, 3.8) is 0 Å². The third-order valence-corrected chi connectivity index (χ3v) is 18.8. The van der Waals surface area contributed by atoms with E-state index in [1.54, 1.807) is 26.0 Å². The Bertz CT molecular complexity index is 5440. The van der Waals surface area contributed by atoms with Crippen LogP contribution in [0, 0.1) is 86.2 Å². The number of benzene rings is 2. The molecule has 2 fully saturated rings. The second-order valence-corrected chi connectivity index (χ2v) is 28.2. The number of fused-ring (bicyclic) bond motifs is 2. The normalized spacial score (nSPS) is 18.9. The van der Waals surface area contributed by atoms with Gasteiger partial charge in [0.15, 0.2) is 67.5 Å². The van der Waals surface area contributed by atoms with Crippen molar-refractivity contribution in [2.75, 3.05) is 13.2 Å². The number of carbonyl (C=O) groups is 4. The third-order valence-electron chi connectivity index (χ3n) is 18.5. The fraction of sp³-hybridized carbons (Fsp3) is 0.432. The van der Waals surface area contributed by atoms with Crippen LogP contribution in [0.15, 0.2) is 101 Å². The van der Waals surface area contributed by atoms with Crippen molar-refractivity contribution in [1.82, 2.24) is 38.2 Å².